The molecule has 4 atom stereocenters. The maximum Gasteiger partial charge on any atom is 0.227 e. The molecule has 2 fully saturated rings. The van der Waals surface area contributed by atoms with Gasteiger partial charge in [-0.3, -0.25) is 9.59 Å². The van der Waals surface area contributed by atoms with Crippen LogP contribution in [-0.4, -0.2) is 82.3 Å². The van der Waals surface area contributed by atoms with Gasteiger partial charge < -0.3 is 20.0 Å². The number of nitrogens with zero attached hydrogens (tertiary/aromatic N) is 5. The van der Waals surface area contributed by atoms with Crippen LogP contribution in [0.25, 0.3) is 0 Å². The minimum Gasteiger partial charge on any atom is -0.351 e. The van der Waals surface area contributed by atoms with E-state index >= 15 is 0 Å². The fourth-order valence-electron chi connectivity index (χ4n) is 5.77. The number of likely N-dealkylation sites (N-methyl/N-ethyl adjacent to an activating group) is 1. The number of benzene rings is 1. The molecule has 0 radical (unpaired) electrons. The Balaban J connectivity index is 1.32. The molecule has 5 rings (SSSR count). The molecule has 2 amide bonds. The van der Waals surface area contributed by atoms with E-state index in [4.69, 9.17) is 4.98 Å². The number of piperidine rings is 2. The Hall–Kier alpha value is -3.00. The number of amides is 2. The first-order chi connectivity index (χ1) is 16.9. The molecule has 0 bridgehead atoms. The van der Waals surface area contributed by atoms with Gasteiger partial charge in [0.15, 0.2) is 0 Å². The van der Waals surface area contributed by atoms with Crippen LogP contribution in [0.4, 0.5) is 5.95 Å². The molecule has 3 aliphatic heterocycles. The maximum absolute atomic E-state index is 13.9. The van der Waals surface area contributed by atoms with Crippen molar-refractivity contribution in [2.75, 3.05) is 39.0 Å². The van der Waals surface area contributed by atoms with Crippen molar-refractivity contribution in [2.24, 2.45) is 5.92 Å². The Morgan fingerprint density at radius 2 is 1.89 bits per heavy atom. The summed E-state index contributed by atoms with van der Waals surface area (Å²) in [5.74, 6) is 1.10. The molecule has 4 heterocycles. The summed E-state index contributed by atoms with van der Waals surface area (Å²) in [6, 6.07) is 10.6. The summed E-state index contributed by atoms with van der Waals surface area (Å²) in [5.41, 5.74) is 3.26. The summed E-state index contributed by atoms with van der Waals surface area (Å²) in [6.45, 7) is 5.20. The second kappa shape index (κ2) is 9.93. The fraction of sp³-hybridized carbons (Fsp3) is 0.556. The second-order valence-corrected chi connectivity index (χ2v) is 10.5. The van der Waals surface area contributed by atoms with E-state index in [1.165, 1.54) is 5.56 Å². The molecule has 35 heavy (non-hydrogen) atoms. The zero-order chi connectivity index (χ0) is 24.5. The van der Waals surface area contributed by atoms with Gasteiger partial charge >= 0.3 is 0 Å². The molecule has 0 unspecified atom stereocenters. The fourth-order valence-corrected chi connectivity index (χ4v) is 5.77. The van der Waals surface area contributed by atoms with Crippen molar-refractivity contribution in [3.05, 3.63) is 53.3 Å². The van der Waals surface area contributed by atoms with Gasteiger partial charge in [-0.2, -0.15) is 0 Å². The highest BCUT2D eigenvalue weighted by Crippen LogP contribution is 2.35. The molecular weight excluding hydrogens is 440 g/mol. The van der Waals surface area contributed by atoms with Gasteiger partial charge in [-0.1, -0.05) is 30.3 Å². The van der Waals surface area contributed by atoms with Crippen LogP contribution in [0.15, 0.2) is 36.5 Å². The number of nitrogens with one attached hydrogen (secondary N) is 1. The number of anilines is 1. The molecule has 8 nitrogen and oxygen atoms in total. The van der Waals surface area contributed by atoms with Crippen molar-refractivity contribution in [3.8, 4) is 0 Å². The van der Waals surface area contributed by atoms with Crippen LogP contribution >= 0.6 is 0 Å². The molecule has 0 saturated carbocycles. The summed E-state index contributed by atoms with van der Waals surface area (Å²) in [5, 5.41) is 3.36. The van der Waals surface area contributed by atoms with Crippen LogP contribution in [0.3, 0.4) is 0 Å². The molecule has 1 aromatic heterocycles. The SMILES string of the molecule is C[C@@H]1Cc2cnc(N[C@@H]3CCN(C)C(=O)C3)nc2CN1C(=O)[C@H]1CCN(C)C[C@@H]1c1ccccc1. The molecule has 186 valence electrons. The van der Waals surface area contributed by atoms with Gasteiger partial charge in [0, 0.05) is 56.7 Å². The third-order valence-electron chi connectivity index (χ3n) is 7.96. The van der Waals surface area contributed by atoms with Crippen molar-refractivity contribution in [2.45, 2.75) is 57.2 Å². The molecule has 2 saturated heterocycles. The van der Waals surface area contributed by atoms with Crippen LogP contribution in [0, 0.1) is 5.92 Å². The Bertz CT molecular complexity index is 1080. The van der Waals surface area contributed by atoms with E-state index in [0.717, 1.165) is 50.2 Å². The van der Waals surface area contributed by atoms with E-state index < -0.39 is 0 Å². The van der Waals surface area contributed by atoms with Crippen LogP contribution < -0.4 is 5.32 Å². The predicted molar refractivity (Wildman–Crippen MR) is 135 cm³/mol. The lowest BCUT2D eigenvalue weighted by molar-refractivity contribution is -0.141. The predicted octanol–water partition coefficient (Wildman–Crippen LogP) is 2.52. The third-order valence-corrected chi connectivity index (χ3v) is 7.96. The highest BCUT2D eigenvalue weighted by Gasteiger charge is 2.39. The minimum atomic E-state index is -0.0257. The maximum atomic E-state index is 13.9. The van der Waals surface area contributed by atoms with E-state index in [9.17, 15) is 9.59 Å². The van der Waals surface area contributed by atoms with Gasteiger partial charge in [-0.15, -0.1) is 0 Å². The Morgan fingerprint density at radius 1 is 1.09 bits per heavy atom. The number of hydrogen-bond acceptors (Lipinski definition) is 6. The smallest absolute Gasteiger partial charge is 0.227 e. The van der Waals surface area contributed by atoms with Crippen molar-refractivity contribution < 1.29 is 9.59 Å². The number of hydrogen-bond donors (Lipinski definition) is 1. The normalized spacial score (nSPS) is 27.5. The zero-order valence-corrected chi connectivity index (χ0v) is 21.0. The average molecular weight is 477 g/mol. The lowest BCUT2D eigenvalue weighted by Crippen LogP contribution is -2.50. The van der Waals surface area contributed by atoms with E-state index in [1.54, 1.807) is 4.90 Å². The third kappa shape index (κ3) is 5.03. The molecule has 1 N–H and O–H groups in total. The van der Waals surface area contributed by atoms with Gasteiger partial charge in [0.05, 0.1) is 12.2 Å². The first-order valence-electron chi connectivity index (χ1n) is 12.8. The first-order valence-corrected chi connectivity index (χ1v) is 12.8. The molecule has 1 aromatic carbocycles. The van der Waals surface area contributed by atoms with E-state index in [0.29, 0.717) is 18.9 Å². The largest absolute Gasteiger partial charge is 0.351 e. The number of aromatic nitrogens is 2. The number of carbonyl (C=O) groups excluding carboxylic acids is 2. The van der Waals surface area contributed by atoms with Gasteiger partial charge in [0.1, 0.15) is 0 Å². The number of rotatable bonds is 4. The van der Waals surface area contributed by atoms with Crippen molar-refractivity contribution >= 4 is 17.8 Å². The van der Waals surface area contributed by atoms with Gasteiger partial charge in [0.2, 0.25) is 17.8 Å². The van der Waals surface area contributed by atoms with Gasteiger partial charge in [0.25, 0.3) is 0 Å². The van der Waals surface area contributed by atoms with Crippen molar-refractivity contribution in [1.29, 1.82) is 0 Å². The van der Waals surface area contributed by atoms with Gasteiger partial charge in [-0.05, 0) is 50.9 Å². The minimum absolute atomic E-state index is 0.0257. The summed E-state index contributed by atoms with van der Waals surface area (Å²) >= 11 is 0. The van der Waals surface area contributed by atoms with Crippen LogP contribution in [0.1, 0.15) is 48.9 Å². The molecule has 2 aromatic rings. The lowest BCUT2D eigenvalue weighted by Gasteiger charge is -2.42. The molecule has 0 spiro atoms. The first kappa shape index (κ1) is 23.7. The van der Waals surface area contributed by atoms with Crippen LogP contribution in [0.5, 0.6) is 0 Å². The van der Waals surface area contributed by atoms with Crippen molar-refractivity contribution in [1.82, 2.24) is 24.7 Å². The second-order valence-electron chi connectivity index (χ2n) is 10.5. The molecular formula is C27H36N6O2. The molecule has 0 aliphatic carbocycles. The summed E-state index contributed by atoms with van der Waals surface area (Å²) in [6.07, 6.45) is 4.85. The van der Waals surface area contributed by atoms with Gasteiger partial charge in [-0.25, -0.2) is 9.97 Å². The van der Waals surface area contributed by atoms with Crippen LogP contribution in [-0.2, 0) is 22.6 Å². The quantitative estimate of drug-likeness (QED) is 0.730. The highest BCUT2D eigenvalue weighted by molar-refractivity contribution is 5.81. The Labute approximate surface area is 207 Å². The van der Waals surface area contributed by atoms with E-state index in [1.807, 2.05) is 24.2 Å². The van der Waals surface area contributed by atoms with Crippen molar-refractivity contribution in [3.63, 3.8) is 0 Å². The van der Waals surface area contributed by atoms with E-state index in [-0.39, 0.29) is 35.7 Å². The average Bonchev–Trinajstić information content (AvgIpc) is 2.86. The molecule has 8 heteroatoms. The summed E-state index contributed by atoms with van der Waals surface area (Å²) in [7, 11) is 3.98. The molecule has 3 aliphatic rings. The number of carbonyl (C=O) groups is 2. The summed E-state index contributed by atoms with van der Waals surface area (Å²) in [4.78, 5) is 41.5. The van der Waals surface area contributed by atoms with E-state index in [2.05, 4.69) is 53.4 Å². The Kier molecular flexibility index (Phi) is 6.73. The van der Waals surface area contributed by atoms with Crippen LogP contribution in [0.2, 0.25) is 0 Å². The highest BCUT2D eigenvalue weighted by atomic mass is 16.2. The standard InChI is InChI=1S/C27H36N6O2/c1-18-13-20-15-28-27(29-21-9-12-32(3)25(34)14-21)30-24(20)17-33(18)26(35)22-10-11-31(2)16-23(22)19-7-5-4-6-8-19/h4-8,15,18,21-23H,9-14,16-17H2,1-3H3,(H,28,29,30)/t18-,21-,22+,23-/m1/s1. The number of likely N-dealkylation sites (tertiary alicyclic amines) is 2. The summed E-state index contributed by atoms with van der Waals surface area (Å²) < 4.78 is 0. The monoisotopic (exact) mass is 476 g/mol. The zero-order valence-electron chi connectivity index (χ0n) is 21.0. The topological polar surface area (TPSA) is 81.7 Å². The lowest BCUT2D eigenvalue weighted by atomic mass is 9.79. The number of fused-ring (bicyclic) bond motifs is 1. The Morgan fingerprint density at radius 3 is 2.66 bits per heavy atom.